The van der Waals surface area contributed by atoms with E-state index in [9.17, 15) is 0 Å². The lowest BCUT2D eigenvalue weighted by atomic mass is 10.3. The Balaban J connectivity index is 1.77. The molecule has 0 radical (unpaired) electrons. The van der Waals surface area contributed by atoms with Gasteiger partial charge in [-0.1, -0.05) is 24.3 Å². The fourth-order valence-corrected chi connectivity index (χ4v) is 2.12. The van der Waals surface area contributed by atoms with Crippen LogP contribution in [-0.2, 0) is 0 Å². The highest BCUT2D eigenvalue weighted by atomic mass is 16.5. The molecule has 1 aromatic heterocycles. The number of nitrogens with zero attached hydrogens (tertiary/aromatic N) is 1. The molecule has 0 unspecified atom stereocenters. The lowest BCUT2D eigenvalue weighted by Crippen LogP contribution is -2.09. The average molecular weight is 265 g/mol. The molecule has 2 heterocycles. The predicted molar refractivity (Wildman–Crippen MR) is 75.8 cm³/mol. The summed E-state index contributed by atoms with van der Waals surface area (Å²) >= 11 is 0. The molecule has 0 saturated carbocycles. The van der Waals surface area contributed by atoms with Crippen LogP contribution in [0.2, 0.25) is 0 Å². The molecule has 1 aliphatic heterocycles. The van der Waals surface area contributed by atoms with E-state index in [-0.39, 0.29) is 0 Å². The minimum Gasteiger partial charge on any atom is -0.436 e. The maximum atomic E-state index is 6.08. The Morgan fingerprint density at radius 2 is 1.85 bits per heavy atom. The Morgan fingerprint density at radius 1 is 1.05 bits per heavy atom. The Morgan fingerprint density at radius 3 is 2.70 bits per heavy atom. The standard InChI is InChI=1S/C15H11N3O2/c16-13(14-17-9-5-1-3-7-11(9)19-14)15-18-10-6-2-4-8-12(10)20-15/h1-8,17H,16H2. The molecule has 3 N–H and O–H groups in total. The van der Waals surface area contributed by atoms with Crippen LogP contribution in [0.4, 0.5) is 5.69 Å². The number of hydrogen-bond acceptors (Lipinski definition) is 5. The number of benzene rings is 2. The molecule has 5 heteroatoms. The van der Waals surface area contributed by atoms with Gasteiger partial charge >= 0.3 is 0 Å². The van der Waals surface area contributed by atoms with E-state index in [2.05, 4.69) is 10.3 Å². The summed E-state index contributed by atoms with van der Waals surface area (Å²) in [6.45, 7) is 0. The van der Waals surface area contributed by atoms with Gasteiger partial charge in [0.15, 0.2) is 17.0 Å². The number of nitrogens with two attached hydrogens (primary N) is 1. The van der Waals surface area contributed by atoms with Gasteiger partial charge in [-0.2, -0.15) is 0 Å². The number of para-hydroxylation sites is 4. The van der Waals surface area contributed by atoms with Gasteiger partial charge in [-0.25, -0.2) is 4.98 Å². The predicted octanol–water partition coefficient (Wildman–Crippen LogP) is 2.92. The number of aromatic nitrogens is 1. The molecule has 1 aliphatic rings. The van der Waals surface area contributed by atoms with Crippen LogP contribution in [-0.4, -0.2) is 4.98 Å². The summed E-state index contributed by atoms with van der Waals surface area (Å²) in [5, 5.41) is 3.11. The molecule has 2 aromatic carbocycles. The van der Waals surface area contributed by atoms with Crippen molar-refractivity contribution < 1.29 is 9.15 Å². The second-order valence-electron chi connectivity index (χ2n) is 4.45. The topological polar surface area (TPSA) is 73.3 Å². The molecule has 0 spiro atoms. The Labute approximate surface area is 114 Å². The zero-order chi connectivity index (χ0) is 13.5. The highest BCUT2D eigenvalue weighted by Crippen LogP contribution is 2.34. The number of rotatable bonds is 1. The monoisotopic (exact) mass is 265 g/mol. The molecule has 4 rings (SSSR count). The third-order valence-corrected chi connectivity index (χ3v) is 3.12. The largest absolute Gasteiger partial charge is 0.436 e. The van der Waals surface area contributed by atoms with Crippen molar-refractivity contribution in [3.8, 4) is 5.75 Å². The summed E-state index contributed by atoms with van der Waals surface area (Å²) < 4.78 is 11.3. The van der Waals surface area contributed by atoms with Crippen molar-refractivity contribution in [2.45, 2.75) is 0 Å². The molecule has 5 nitrogen and oxygen atoms in total. The minimum atomic E-state index is 0.345. The van der Waals surface area contributed by atoms with Crippen LogP contribution >= 0.6 is 0 Å². The lowest BCUT2D eigenvalue weighted by Gasteiger charge is -2.01. The van der Waals surface area contributed by atoms with Crippen molar-refractivity contribution in [1.82, 2.24) is 4.98 Å². The molecular weight excluding hydrogens is 254 g/mol. The summed E-state index contributed by atoms with van der Waals surface area (Å²) in [6, 6.07) is 15.1. The van der Waals surface area contributed by atoms with Crippen LogP contribution in [0.3, 0.4) is 0 Å². The molecule has 0 atom stereocenters. The second-order valence-corrected chi connectivity index (χ2v) is 4.45. The van der Waals surface area contributed by atoms with Gasteiger partial charge in [0.25, 0.3) is 0 Å². The van der Waals surface area contributed by atoms with Crippen molar-refractivity contribution in [3.63, 3.8) is 0 Å². The Hall–Kier alpha value is -2.95. The fourth-order valence-electron chi connectivity index (χ4n) is 2.12. The highest BCUT2D eigenvalue weighted by Gasteiger charge is 2.21. The van der Waals surface area contributed by atoms with Crippen molar-refractivity contribution in [2.75, 3.05) is 5.32 Å². The van der Waals surface area contributed by atoms with Gasteiger partial charge in [0.1, 0.15) is 5.52 Å². The van der Waals surface area contributed by atoms with E-state index in [0.717, 1.165) is 17.0 Å². The SMILES string of the molecule is NC(=C1Nc2ccccc2O1)c1nc2ccccc2o1. The summed E-state index contributed by atoms with van der Waals surface area (Å²) in [7, 11) is 0. The van der Waals surface area contributed by atoms with Crippen LogP contribution in [0.25, 0.3) is 16.8 Å². The van der Waals surface area contributed by atoms with Crippen LogP contribution in [0, 0.1) is 0 Å². The van der Waals surface area contributed by atoms with Crippen LogP contribution in [0.5, 0.6) is 5.75 Å². The molecule has 0 amide bonds. The number of anilines is 1. The van der Waals surface area contributed by atoms with Crippen molar-refractivity contribution in [1.29, 1.82) is 0 Å². The normalized spacial score (nSPS) is 15.6. The summed E-state index contributed by atoms with van der Waals surface area (Å²) in [4.78, 5) is 4.35. The first-order valence-corrected chi connectivity index (χ1v) is 6.21. The van der Waals surface area contributed by atoms with E-state index in [0.29, 0.717) is 23.1 Å². The first-order valence-electron chi connectivity index (χ1n) is 6.21. The van der Waals surface area contributed by atoms with Crippen LogP contribution in [0.15, 0.2) is 58.8 Å². The number of hydrogen-bond donors (Lipinski definition) is 2. The minimum absolute atomic E-state index is 0.345. The summed E-state index contributed by atoms with van der Waals surface area (Å²) in [5.74, 6) is 1.53. The van der Waals surface area contributed by atoms with Crippen molar-refractivity contribution >= 4 is 22.5 Å². The third kappa shape index (κ3) is 1.60. The molecule has 20 heavy (non-hydrogen) atoms. The van der Waals surface area contributed by atoms with E-state index in [4.69, 9.17) is 14.9 Å². The van der Waals surface area contributed by atoms with Crippen molar-refractivity contribution in [3.05, 3.63) is 60.3 Å². The smallest absolute Gasteiger partial charge is 0.249 e. The maximum absolute atomic E-state index is 6.08. The van der Waals surface area contributed by atoms with Gasteiger partial charge in [-0.05, 0) is 24.3 Å². The van der Waals surface area contributed by atoms with Gasteiger partial charge in [0.2, 0.25) is 11.8 Å². The summed E-state index contributed by atoms with van der Waals surface area (Å²) in [6.07, 6.45) is 0. The van der Waals surface area contributed by atoms with Crippen molar-refractivity contribution in [2.24, 2.45) is 5.73 Å². The zero-order valence-electron chi connectivity index (χ0n) is 10.5. The van der Waals surface area contributed by atoms with Gasteiger partial charge in [-0.15, -0.1) is 0 Å². The van der Waals surface area contributed by atoms with E-state index in [1.165, 1.54) is 0 Å². The average Bonchev–Trinajstić information content (AvgIpc) is 3.10. The van der Waals surface area contributed by atoms with Gasteiger partial charge < -0.3 is 20.2 Å². The molecular formula is C15H11N3O2. The number of oxazole rings is 1. The number of nitrogens with one attached hydrogen (secondary N) is 1. The zero-order valence-corrected chi connectivity index (χ0v) is 10.5. The fraction of sp³-hybridized carbons (Fsp3) is 0. The van der Waals surface area contributed by atoms with E-state index >= 15 is 0 Å². The van der Waals surface area contributed by atoms with Gasteiger partial charge in [-0.3, -0.25) is 0 Å². The van der Waals surface area contributed by atoms with Gasteiger partial charge in [0.05, 0.1) is 5.69 Å². The molecule has 0 fully saturated rings. The molecule has 98 valence electrons. The lowest BCUT2D eigenvalue weighted by molar-refractivity contribution is 0.455. The number of ether oxygens (including phenoxy) is 1. The Kier molecular flexibility index (Phi) is 2.20. The van der Waals surface area contributed by atoms with Crippen LogP contribution in [0.1, 0.15) is 5.89 Å². The van der Waals surface area contributed by atoms with Gasteiger partial charge in [0, 0.05) is 0 Å². The quantitative estimate of drug-likeness (QED) is 0.707. The Bertz CT molecular complexity index is 776. The van der Waals surface area contributed by atoms with E-state index in [1.54, 1.807) is 0 Å². The first kappa shape index (κ1) is 10.9. The maximum Gasteiger partial charge on any atom is 0.249 e. The van der Waals surface area contributed by atoms with Crippen LogP contribution < -0.4 is 15.8 Å². The highest BCUT2D eigenvalue weighted by molar-refractivity contribution is 5.77. The van der Waals surface area contributed by atoms with E-state index < -0.39 is 0 Å². The number of fused-ring (bicyclic) bond motifs is 2. The molecule has 3 aromatic rings. The second kappa shape index (κ2) is 4.03. The molecule has 0 bridgehead atoms. The summed E-state index contributed by atoms with van der Waals surface area (Å²) in [5.41, 5.74) is 8.76. The molecule has 0 aliphatic carbocycles. The third-order valence-electron chi connectivity index (χ3n) is 3.12. The first-order chi connectivity index (χ1) is 9.81. The molecule has 0 saturated heterocycles. The van der Waals surface area contributed by atoms with E-state index in [1.807, 2.05) is 48.5 Å².